The lowest BCUT2D eigenvalue weighted by molar-refractivity contribution is -0.131. The van der Waals surface area contributed by atoms with Gasteiger partial charge in [0.1, 0.15) is 0 Å². The first kappa shape index (κ1) is 20.4. The molecular weight excluding hydrogens is 370 g/mol. The number of aryl methyl sites for hydroxylation is 1. The molecule has 1 atom stereocenters. The first-order valence-electron chi connectivity index (χ1n) is 7.97. The van der Waals surface area contributed by atoms with Crippen LogP contribution in [0.5, 0.6) is 0 Å². The molecule has 0 saturated carbocycles. The first-order valence-corrected chi connectivity index (χ1v) is 9.86. The molecule has 9 heteroatoms. The second-order valence-electron chi connectivity index (χ2n) is 6.33. The third kappa shape index (κ3) is 4.24. The largest absolute Gasteiger partial charge is 0.315 e. The molecule has 0 aliphatic carbocycles. The number of amides is 1. The minimum atomic E-state index is -3.84. The van der Waals surface area contributed by atoms with E-state index < -0.39 is 20.5 Å². The highest BCUT2D eigenvalue weighted by molar-refractivity contribution is 7.92. The molecule has 1 amide bonds. The highest BCUT2D eigenvalue weighted by Gasteiger charge is 2.43. The van der Waals surface area contributed by atoms with E-state index in [1.807, 2.05) is 6.07 Å². The van der Waals surface area contributed by atoms with Crippen LogP contribution >= 0.6 is 0 Å². The van der Waals surface area contributed by atoms with Crippen LogP contribution in [0.15, 0.2) is 47.4 Å². The predicted octanol–water partition coefficient (Wildman–Crippen LogP) is 1.09. The molecule has 0 fully saturated rings. The van der Waals surface area contributed by atoms with E-state index in [2.05, 4.69) is 0 Å². The fourth-order valence-electron chi connectivity index (χ4n) is 2.56. The van der Waals surface area contributed by atoms with Crippen LogP contribution in [0.2, 0.25) is 0 Å². The summed E-state index contributed by atoms with van der Waals surface area (Å²) in [6.07, 6.45) is 2.20. The number of rotatable bonds is 6. The highest BCUT2D eigenvalue weighted by atomic mass is 32.2. The van der Waals surface area contributed by atoms with E-state index in [4.69, 9.17) is 10.5 Å². The molecule has 2 N–H and O–H groups in total. The number of nitrogens with zero attached hydrogens (tertiary/aromatic N) is 2. The van der Waals surface area contributed by atoms with Gasteiger partial charge in [-0.1, -0.05) is 12.1 Å². The topological polar surface area (TPSA) is 129 Å². The van der Waals surface area contributed by atoms with E-state index in [9.17, 15) is 18.0 Å². The predicted molar refractivity (Wildman–Crippen MR) is 98.6 cm³/mol. The van der Waals surface area contributed by atoms with Crippen LogP contribution in [0.3, 0.4) is 0 Å². The van der Waals surface area contributed by atoms with Crippen LogP contribution in [0.1, 0.15) is 18.9 Å². The molecule has 1 heterocycles. The van der Waals surface area contributed by atoms with Crippen molar-refractivity contribution in [2.75, 3.05) is 6.26 Å². The molecule has 0 spiro atoms. The molecule has 1 aromatic carbocycles. The Bertz CT molecular complexity index is 1070. The summed E-state index contributed by atoms with van der Waals surface area (Å²) in [6, 6.07) is 11.9. The number of pyridine rings is 1. The van der Waals surface area contributed by atoms with Crippen LogP contribution in [0.4, 0.5) is 0 Å². The van der Waals surface area contributed by atoms with Crippen LogP contribution in [-0.4, -0.2) is 35.1 Å². The van der Waals surface area contributed by atoms with Crippen molar-refractivity contribution in [2.24, 2.45) is 0 Å². The van der Waals surface area contributed by atoms with Crippen molar-refractivity contribution in [2.45, 2.75) is 24.6 Å². The van der Waals surface area contributed by atoms with Gasteiger partial charge in [0.2, 0.25) is 0 Å². The maximum absolute atomic E-state index is 12.4. The number of nitriles is 1. The molecule has 27 heavy (non-hydrogen) atoms. The zero-order chi connectivity index (χ0) is 20.2. The normalized spacial score (nSPS) is 13.4. The Morgan fingerprint density at radius 1 is 1.30 bits per heavy atom. The van der Waals surface area contributed by atoms with E-state index in [1.54, 1.807) is 30.3 Å². The molecule has 0 saturated heterocycles. The smallest absolute Gasteiger partial charge is 0.264 e. The molecule has 0 aliphatic heterocycles. The first-order chi connectivity index (χ1) is 12.6. The molecule has 8 nitrogen and oxygen atoms in total. The molecule has 0 radical (unpaired) electrons. The Balaban J connectivity index is 2.30. The van der Waals surface area contributed by atoms with Crippen molar-refractivity contribution in [1.29, 1.82) is 5.26 Å². The van der Waals surface area contributed by atoms with Crippen molar-refractivity contribution in [3.05, 3.63) is 58.5 Å². The van der Waals surface area contributed by atoms with Gasteiger partial charge in [0.15, 0.2) is 14.6 Å². The van der Waals surface area contributed by atoms with E-state index in [0.29, 0.717) is 16.7 Å². The summed E-state index contributed by atoms with van der Waals surface area (Å²) in [4.78, 5) is 24.2. The Morgan fingerprint density at radius 2 is 1.96 bits per heavy atom. The van der Waals surface area contributed by atoms with Gasteiger partial charge in [0.05, 0.1) is 11.6 Å². The summed E-state index contributed by atoms with van der Waals surface area (Å²) < 4.78 is 23.4. The minimum absolute atomic E-state index is 0.0334. The molecule has 1 aromatic heterocycles. The molecule has 142 valence electrons. The summed E-state index contributed by atoms with van der Waals surface area (Å²) in [5, 5.41) is 17.8. The molecular formula is C18H19N3O5S. The van der Waals surface area contributed by atoms with E-state index in [0.717, 1.165) is 6.26 Å². The molecule has 0 bridgehead atoms. The number of benzene rings is 1. The Kier molecular flexibility index (Phi) is 5.83. The van der Waals surface area contributed by atoms with Gasteiger partial charge in [-0.25, -0.2) is 13.9 Å². The zero-order valence-corrected chi connectivity index (χ0v) is 15.7. The average Bonchev–Trinajstić information content (AvgIpc) is 2.65. The number of hydrogen-bond donors (Lipinski definition) is 2. The van der Waals surface area contributed by atoms with Gasteiger partial charge in [-0.15, -0.1) is 0 Å². The van der Waals surface area contributed by atoms with Gasteiger partial charge in [-0.2, -0.15) is 5.26 Å². The quantitative estimate of drug-likeness (QED) is 0.562. The van der Waals surface area contributed by atoms with Crippen molar-refractivity contribution >= 4 is 15.7 Å². The van der Waals surface area contributed by atoms with Crippen molar-refractivity contribution in [1.82, 2.24) is 10.0 Å². The van der Waals surface area contributed by atoms with Crippen molar-refractivity contribution in [3.63, 3.8) is 0 Å². The maximum atomic E-state index is 12.4. The van der Waals surface area contributed by atoms with E-state index >= 15 is 0 Å². The summed E-state index contributed by atoms with van der Waals surface area (Å²) >= 11 is 0. The monoisotopic (exact) mass is 389 g/mol. The molecule has 0 aliphatic rings. The third-order valence-electron chi connectivity index (χ3n) is 4.55. The number of nitrogens with one attached hydrogen (secondary N) is 1. The van der Waals surface area contributed by atoms with Crippen molar-refractivity contribution in [3.8, 4) is 17.2 Å². The van der Waals surface area contributed by atoms with Gasteiger partial charge < -0.3 is 4.57 Å². The second kappa shape index (κ2) is 7.73. The van der Waals surface area contributed by atoms with Gasteiger partial charge in [0, 0.05) is 25.1 Å². The summed E-state index contributed by atoms with van der Waals surface area (Å²) in [7, 11) is -3.84. The van der Waals surface area contributed by atoms with Crippen LogP contribution in [-0.2, 0) is 21.2 Å². The molecule has 1 unspecified atom stereocenters. The molecule has 2 rings (SSSR count). The molecule has 2 aromatic rings. The lowest BCUT2D eigenvalue weighted by Gasteiger charge is -2.25. The third-order valence-corrected chi connectivity index (χ3v) is 6.58. The number of aromatic nitrogens is 1. The number of hydrogen-bond acceptors (Lipinski definition) is 6. The minimum Gasteiger partial charge on any atom is -0.315 e. The fraction of sp³-hybridized carbons (Fsp3) is 0.278. The van der Waals surface area contributed by atoms with Gasteiger partial charge in [-0.05, 0) is 42.7 Å². The fourth-order valence-corrected chi connectivity index (χ4v) is 3.40. The number of carbonyl (C=O) groups is 1. The number of sulfone groups is 1. The second-order valence-corrected chi connectivity index (χ2v) is 8.78. The maximum Gasteiger partial charge on any atom is 0.264 e. The number of carbonyl (C=O) groups excluding carboxylic acids is 1. The average molecular weight is 389 g/mol. The van der Waals surface area contributed by atoms with Gasteiger partial charge in [-0.3, -0.25) is 14.8 Å². The number of hydroxylamine groups is 1. The summed E-state index contributed by atoms with van der Waals surface area (Å²) in [5.74, 6) is -1.05. The van der Waals surface area contributed by atoms with E-state index in [-0.39, 0.29) is 18.5 Å². The van der Waals surface area contributed by atoms with Gasteiger partial charge in [0.25, 0.3) is 11.5 Å². The standard InChI is InChI=1S/C18H19N3O5S/c1-18(17(23)20-24,27(2,25)26)7-9-21-8-6-15(11-16(21)22)14-5-3-4-13(10-14)12-19/h3-6,8,10-11,24H,7,9H2,1-2H3,(H,20,23). The van der Waals surface area contributed by atoms with Crippen LogP contribution < -0.4 is 11.0 Å². The van der Waals surface area contributed by atoms with Crippen LogP contribution in [0, 0.1) is 11.3 Å². The van der Waals surface area contributed by atoms with E-state index in [1.165, 1.54) is 29.2 Å². The highest BCUT2D eigenvalue weighted by Crippen LogP contribution is 2.22. The summed E-state index contributed by atoms with van der Waals surface area (Å²) in [5.41, 5.74) is 2.79. The lowest BCUT2D eigenvalue weighted by atomic mass is 10.0. The van der Waals surface area contributed by atoms with Crippen LogP contribution in [0.25, 0.3) is 11.1 Å². The Labute approximate surface area is 156 Å². The van der Waals surface area contributed by atoms with Crippen molar-refractivity contribution < 1.29 is 18.4 Å². The lowest BCUT2D eigenvalue weighted by Crippen LogP contribution is -2.49. The SMILES string of the molecule is CC(CCn1ccc(-c2cccc(C#N)c2)cc1=O)(C(=O)NO)S(C)(=O)=O. The Morgan fingerprint density at radius 3 is 2.52 bits per heavy atom. The zero-order valence-electron chi connectivity index (χ0n) is 14.8. The summed E-state index contributed by atoms with van der Waals surface area (Å²) in [6.45, 7) is 1.16. The van der Waals surface area contributed by atoms with Gasteiger partial charge >= 0.3 is 0 Å². The Hall–Kier alpha value is -2.96.